The van der Waals surface area contributed by atoms with Gasteiger partial charge in [0.15, 0.2) is 0 Å². The topological polar surface area (TPSA) is 151 Å². The molecular weight excluding hydrogens is 582 g/mol. The van der Waals surface area contributed by atoms with Crippen molar-refractivity contribution in [2.24, 2.45) is 5.73 Å². The normalized spacial score (nSPS) is 18.4. The molecule has 0 spiro atoms. The fraction of sp³-hybridized carbons (Fsp3) is 0.483. The molecule has 0 aliphatic carbocycles. The molecule has 2 fully saturated rings. The van der Waals surface area contributed by atoms with Crippen LogP contribution in [0, 0.1) is 0 Å². The Balaban J connectivity index is 1.52. The summed E-state index contributed by atoms with van der Waals surface area (Å²) in [7, 11) is -4.01. The van der Waals surface area contributed by atoms with Gasteiger partial charge in [0.2, 0.25) is 27.7 Å². The number of rotatable bonds is 11. The summed E-state index contributed by atoms with van der Waals surface area (Å²) in [5, 5.41) is 3.41. The van der Waals surface area contributed by atoms with Crippen LogP contribution in [0.2, 0.25) is 5.02 Å². The highest BCUT2D eigenvalue weighted by atomic mass is 35.5. The number of piperidine rings is 1. The quantitative estimate of drug-likeness (QED) is 0.345. The molecule has 0 radical (unpaired) electrons. The number of ether oxygens (including phenoxy) is 1. The molecule has 0 bridgehead atoms. The van der Waals surface area contributed by atoms with E-state index in [1.807, 2.05) is 0 Å². The van der Waals surface area contributed by atoms with Gasteiger partial charge in [-0.1, -0.05) is 48.0 Å². The van der Waals surface area contributed by atoms with Gasteiger partial charge in [-0.2, -0.15) is 0 Å². The Morgan fingerprint density at radius 1 is 1.02 bits per heavy atom. The first kappa shape index (κ1) is 31.9. The zero-order chi connectivity index (χ0) is 30.1. The average Bonchev–Trinajstić information content (AvgIpc) is 2.99. The Hall–Kier alpha value is -3.03. The van der Waals surface area contributed by atoms with Crippen LogP contribution in [-0.4, -0.2) is 80.9 Å². The van der Waals surface area contributed by atoms with Gasteiger partial charge in [-0.15, -0.1) is 0 Å². The Morgan fingerprint density at radius 3 is 2.48 bits per heavy atom. The second-order valence-corrected chi connectivity index (χ2v) is 12.7. The monoisotopic (exact) mass is 619 g/mol. The summed E-state index contributed by atoms with van der Waals surface area (Å²) in [6.07, 6.45) is 1.43. The number of hydrogen-bond acceptors (Lipinski definition) is 7. The second-order valence-electron chi connectivity index (χ2n) is 10.5. The number of nitrogens with one attached hydrogen (secondary N) is 2. The minimum atomic E-state index is -4.01. The molecule has 2 saturated heterocycles. The molecule has 2 aliphatic rings. The molecule has 2 unspecified atom stereocenters. The number of amides is 3. The van der Waals surface area contributed by atoms with E-state index in [1.165, 1.54) is 4.90 Å². The SMILES string of the molecule is NCc1ccc(Cl)cc1CNC(=O)C1CCCCN1C(=O)C(CC(=O)N1CCOCC1)NS(=O)(=O)Cc1ccccc1. The highest BCUT2D eigenvalue weighted by Crippen LogP contribution is 2.21. The number of likely N-dealkylation sites (tertiary alicyclic amines) is 1. The van der Waals surface area contributed by atoms with Crippen LogP contribution in [0.5, 0.6) is 0 Å². The van der Waals surface area contributed by atoms with E-state index in [-0.39, 0.29) is 43.6 Å². The predicted octanol–water partition coefficient (Wildman–Crippen LogP) is 1.53. The van der Waals surface area contributed by atoms with Gasteiger partial charge in [0.1, 0.15) is 12.1 Å². The fourth-order valence-electron chi connectivity index (χ4n) is 5.27. The van der Waals surface area contributed by atoms with Crippen molar-refractivity contribution in [3.63, 3.8) is 0 Å². The third-order valence-corrected chi connectivity index (χ3v) is 9.08. The van der Waals surface area contributed by atoms with E-state index in [0.717, 1.165) is 17.5 Å². The Morgan fingerprint density at radius 2 is 1.76 bits per heavy atom. The van der Waals surface area contributed by atoms with Crippen LogP contribution in [0.25, 0.3) is 0 Å². The minimum absolute atomic E-state index is 0.174. The summed E-state index contributed by atoms with van der Waals surface area (Å²) in [5.74, 6) is -1.67. The number of benzene rings is 2. The maximum Gasteiger partial charge on any atom is 0.243 e. The molecule has 0 saturated carbocycles. The maximum absolute atomic E-state index is 14.0. The van der Waals surface area contributed by atoms with Crippen LogP contribution in [0.4, 0.5) is 0 Å². The van der Waals surface area contributed by atoms with Crippen molar-refractivity contribution in [3.8, 4) is 0 Å². The summed E-state index contributed by atoms with van der Waals surface area (Å²) in [5.41, 5.74) is 7.99. The van der Waals surface area contributed by atoms with Crippen molar-refractivity contribution in [1.29, 1.82) is 0 Å². The van der Waals surface area contributed by atoms with Gasteiger partial charge in [-0.05, 0) is 48.1 Å². The molecular formula is C29H38ClN5O6S. The predicted molar refractivity (Wildman–Crippen MR) is 159 cm³/mol. The molecule has 0 aromatic heterocycles. The Bertz CT molecular complexity index is 1350. The van der Waals surface area contributed by atoms with Crippen molar-refractivity contribution in [2.75, 3.05) is 32.8 Å². The molecule has 2 aromatic carbocycles. The van der Waals surface area contributed by atoms with Crippen molar-refractivity contribution >= 4 is 39.3 Å². The molecule has 4 rings (SSSR count). The molecule has 13 heteroatoms. The molecule has 11 nitrogen and oxygen atoms in total. The minimum Gasteiger partial charge on any atom is -0.378 e. The molecule has 2 aromatic rings. The smallest absolute Gasteiger partial charge is 0.243 e. The summed E-state index contributed by atoms with van der Waals surface area (Å²) >= 11 is 6.14. The fourth-order valence-corrected chi connectivity index (χ4v) is 6.80. The number of morpholine rings is 1. The number of halogens is 1. The number of sulfonamides is 1. The zero-order valence-corrected chi connectivity index (χ0v) is 25.0. The molecule has 228 valence electrons. The Kier molecular flexibility index (Phi) is 11.3. The standard InChI is InChI=1S/C29H38ClN5O6S/c30-24-10-9-22(18-31)23(16-24)19-32-28(37)26-8-4-5-11-35(26)29(38)25(17-27(36)34-12-14-41-15-13-34)33-42(39,40)20-21-6-2-1-3-7-21/h1-3,6-7,9-10,16,25-26,33H,4-5,8,11-15,17-20,31H2,(H,32,37). The van der Waals surface area contributed by atoms with E-state index in [2.05, 4.69) is 10.0 Å². The van der Waals surface area contributed by atoms with Gasteiger partial charge in [0.05, 0.1) is 25.4 Å². The van der Waals surface area contributed by atoms with E-state index in [9.17, 15) is 22.8 Å². The summed E-state index contributed by atoms with van der Waals surface area (Å²) in [6, 6.07) is 11.7. The first-order chi connectivity index (χ1) is 20.2. The van der Waals surface area contributed by atoms with E-state index < -0.39 is 28.0 Å². The van der Waals surface area contributed by atoms with Gasteiger partial charge in [0, 0.05) is 37.7 Å². The van der Waals surface area contributed by atoms with Crippen molar-refractivity contribution in [2.45, 2.75) is 56.6 Å². The summed E-state index contributed by atoms with van der Waals surface area (Å²) in [6.45, 7) is 2.18. The van der Waals surface area contributed by atoms with Gasteiger partial charge >= 0.3 is 0 Å². The second kappa shape index (κ2) is 14.9. The lowest BCUT2D eigenvalue weighted by molar-refractivity contribution is -0.146. The lowest BCUT2D eigenvalue weighted by Crippen LogP contribution is -2.58. The first-order valence-electron chi connectivity index (χ1n) is 14.1. The number of hydrogen-bond donors (Lipinski definition) is 3. The lowest BCUT2D eigenvalue weighted by Gasteiger charge is -2.37. The molecule has 2 heterocycles. The third-order valence-electron chi connectivity index (χ3n) is 7.49. The zero-order valence-electron chi connectivity index (χ0n) is 23.5. The van der Waals surface area contributed by atoms with Crippen LogP contribution in [0.3, 0.4) is 0 Å². The highest BCUT2D eigenvalue weighted by molar-refractivity contribution is 7.88. The van der Waals surface area contributed by atoms with Gasteiger partial charge in [-0.3, -0.25) is 14.4 Å². The van der Waals surface area contributed by atoms with Crippen LogP contribution in [0.15, 0.2) is 48.5 Å². The van der Waals surface area contributed by atoms with E-state index in [1.54, 1.807) is 53.4 Å². The number of nitrogens with zero attached hydrogens (tertiary/aromatic N) is 2. The number of carbonyl (C=O) groups is 3. The van der Waals surface area contributed by atoms with Gasteiger partial charge in [0.25, 0.3) is 0 Å². The van der Waals surface area contributed by atoms with Crippen LogP contribution < -0.4 is 15.8 Å². The van der Waals surface area contributed by atoms with Crippen LogP contribution in [0.1, 0.15) is 42.4 Å². The average molecular weight is 620 g/mol. The van der Waals surface area contributed by atoms with E-state index in [0.29, 0.717) is 49.7 Å². The van der Waals surface area contributed by atoms with E-state index >= 15 is 0 Å². The molecule has 3 amide bonds. The molecule has 2 atom stereocenters. The lowest BCUT2D eigenvalue weighted by atomic mass is 9.99. The molecule has 2 aliphatic heterocycles. The van der Waals surface area contributed by atoms with Gasteiger partial charge in [-0.25, -0.2) is 13.1 Å². The van der Waals surface area contributed by atoms with Crippen molar-refractivity contribution < 1.29 is 27.5 Å². The van der Waals surface area contributed by atoms with Gasteiger partial charge < -0.3 is 25.6 Å². The van der Waals surface area contributed by atoms with E-state index in [4.69, 9.17) is 22.1 Å². The molecule has 42 heavy (non-hydrogen) atoms. The first-order valence-corrected chi connectivity index (χ1v) is 16.1. The van der Waals surface area contributed by atoms with Crippen LogP contribution in [-0.2, 0) is 48.0 Å². The van der Waals surface area contributed by atoms with Crippen molar-refractivity contribution in [1.82, 2.24) is 19.8 Å². The number of nitrogens with two attached hydrogens (primary N) is 1. The largest absolute Gasteiger partial charge is 0.378 e. The summed E-state index contributed by atoms with van der Waals surface area (Å²) in [4.78, 5) is 43.5. The maximum atomic E-state index is 14.0. The Labute approximate surface area is 251 Å². The summed E-state index contributed by atoms with van der Waals surface area (Å²) < 4.78 is 34.2. The number of carbonyl (C=O) groups excluding carboxylic acids is 3. The van der Waals surface area contributed by atoms with Crippen LogP contribution >= 0.6 is 11.6 Å². The third kappa shape index (κ3) is 8.74. The molecule has 4 N–H and O–H groups in total. The van der Waals surface area contributed by atoms with Crippen molar-refractivity contribution in [3.05, 3.63) is 70.2 Å². The highest BCUT2D eigenvalue weighted by Gasteiger charge is 2.38.